The molecule has 0 bridgehead atoms. The van der Waals surface area contributed by atoms with E-state index < -0.39 is 0 Å². The lowest BCUT2D eigenvalue weighted by atomic mass is 9.94. The highest BCUT2D eigenvalue weighted by Gasteiger charge is 2.33. The molecule has 4 heteroatoms. The predicted molar refractivity (Wildman–Crippen MR) is 79.0 cm³/mol. The molecule has 0 aliphatic carbocycles. The molecule has 0 aliphatic rings. The summed E-state index contributed by atoms with van der Waals surface area (Å²) in [6.45, 7) is 9.34. The minimum Gasteiger partial charge on any atom is -0.383 e. The van der Waals surface area contributed by atoms with E-state index in [1.54, 1.807) is 7.11 Å². The lowest BCUT2D eigenvalue weighted by Gasteiger charge is -2.41. The number of nitrogens with two attached hydrogens (primary N) is 1. The van der Waals surface area contributed by atoms with Crippen LogP contribution in [0.5, 0.6) is 0 Å². The van der Waals surface area contributed by atoms with Crippen molar-refractivity contribution in [2.75, 3.05) is 26.8 Å². The number of pyridine rings is 1. The second-order valence-corrected chi connectivity index (χ2v) is 5.00. The van der Waals surface area contributed by atoms with Gasteiger partial charge in [0.1, 0.15) is 0 Å². The molecule has 1 rings (SSSR count). The maximum absolute atomic E-state index is 6.02. The number of methoxy groups -OCH3 is 1. The topological polar surface area (TPSA) is 51.4 Å². The normalized spacial score (nSPS) is 14.6. The lowest BCUT2D eigenvalue weighted by Crippen LogP contribution is -2.56. The lowest BCUT2D eigenvalue weighted by molar-refractivity contribution is 0.00889. The van der Waals surface area contributed by atoms with Crippen molar-refractivity contribution in [3.8, 4) is 0 Å². The summed E-state index contributed by atoms with van der Waals surface area (Å²) in [6.07, 6.45) is 0.969. The van der Waals surface area contributed by atoms with Crippen LogP contribution < -0.4 is 5.73 Å². The first-order chi connectivity index (χ1) is 9.11. The summed E-state index contributed by atoms with van der Waals surface area (Å²) < 4.78 is 5.39. The van der Waals surface area contributed by atoms with Crippen LogP contribution in [0.2, 0.25) is 0 Å². The number of rotatable bonds is 8. The third-order valence-electron chi connectivity index (χ3n) is 3.80. The number of ether oxygens (including phenoxy) is 1. The quantitative estimate of drug-likeness (QED) is 0.781. The largest absolute Gasteiger partial charge is 0.383 e. The van der Waals surface area contributed by atoms with Crippen molar-refractivity contribution in [3.05, 3.63) is 29.6 Å². The molecular weight excluding hydrogens is 238 g/mol. The number of aromatic nitrogens is 1. The molecule has 0 aromatic carbocycles. The zero-order valence-corrected chi connectivity index (χ0v) is 12.6. The Morgan fingerprint density at radius 1 is 1.37 bits per heavy atom. The van der Waals surface area contributed by atoms with Gasteiger partial charge in [-0.15, -0.1) is 0 Å². The molecule has 1 aromatic rings. The molecule has 1 aromatic heterocycles. The Balaban J connectivity index is 2.91. The highest BCUT2D eigenvalue weighted by Crippen LogP contribution is 2.21. The van der Waals surface area contributed by atoms with Crippen molar-refractivity contribution >= 4 is 0 Å². The number of hydrogen-bond donors (Lipinski definition) is 1. The summed E-state index contributed by atoms with van der Waals surface area (Å²) in [6, 6.07) is 6.14. The van der Waals surface area contributed by atoms with Gasteiger partial charge in [-0.05, 0) is 32.0 Å². The second-order valence-electron chi connectivity index (χ2n) is 5.00. The van der Waals surface area contributed by atoms with Crippen LogP contribution in [0.25, 0.3) is 0 Å². The Labute approximate surface area is 117 Å². The summed E-state index contributed by atoms with van der Waals surface area (Å²) in [5.41, 5.74) is 8.06. The van der Waals surface area contributed by atoms with E-state index in [1.165, 1.54) is 0 Å². The minimum atomic E-state index is -0.102. The number of likely N-dealkylation sites (N-methyl/N-ethyl adjacent to an activating group) is 1. The second kappa shape index (κ2) is 7.58. The molecule has 1 heterocycles. The standard InChI is InChI=1S/C15H27N3O/c1-5-15(11-16,12-19-4)18(6-2)10-14-9-7-8-13(3)17-14/h7-9H,5-6,10-12,16H2,1-4H3. The van der Waals surface area contributed by atoms with E-state index in [2.05, 4.69) is 35.9 Å². The Morgan fingerprint density at radius 3 is 2.58 bits per heavy atom. The first kappa shape index (κ1) is 16.1. The Bertz CT molecular complexity index is 377. The van der Waals surface area contributed by atoms with Gasteiger partial charge in [0.2, 0.25) is 0 Å². The molecule has 19 heavy (non-hydrogen) atoms. The molecule has 2 N–H and O–H groups in total. The molecule has 1 atom stereocenters. The summed E-state index contributed by atoms with van der Waals surface area (Å²) in [5.74, 6) is 0. The molecule has 108 valence electrons. The van der Waals surface area contributed by atoms with Crippen LogP contribution >= 0.6 is 0 Å². The average Bonchev–Trinajstić information content (AvgIpc) is 2.43. The summed E-state index contributed by atoms with van der Waals surface area (Å²) in [5, 5.41) is 0. The van der Waals surface area contributed by atoms with Crippen molar-refractivity contribution in [2.24, 2.45) is 5.73 Å². The van der Waals surface area contributed by atoms with E-state index in [4.69, 9.17) is 10.5 Å². The highest BCUT2D eigenvalue weighted by molar-refractivity contribution is 5.10. The third kappa shape index (κ3) is 4.00. The molecular formula is C15H27N3O. The molecule has 1 unspecified atom stereocenters. The molecule has 0 fully saturated rings. The summed E-state index contributed by atoms with van der Waals surface area (Å²) in [4.78, 5) is 6.95. The average molecular weight is 265 g/mol. The summed E-state index contributed by atoms with van der Waals surface area (Å²) in [7, 11) is 1.73. The van der Waals surface area contributed by atoms with Crippen LogP contribution in [0.15, 0.2) is 18.2 Å². The van der Waals surface area contributed by atoms with Crippen molar-refractivity contribution in [1.82, 2.24) is 9.88 Å². The maximum Gasteiger partial charge on any atom is 0.0659 e. The monoisotopic (exact) mass is 265 g/mol. The Hall–Kier alpha value is -0.970. The first-order valence-corrected chi connectivity index (χ1v) is 6.98. The van der Waals surface area contributed by atoms with E-state index in [1.807, 2.05) is 13.0 Å². The van der Waals surface area contributed by atoms with Crippen molar-refractivity contribution in [3.63, 3.8) is 0 Å². The third-order valence-corrected chi connectivity index (χ3v) is 3.80. The first-order valence-electron chi connectivity index (χ1n) is 6.98. The molecule has 4 nitrogen and oxygen atoms in total. The summed E-state index contributed by atoms with van der Waals surface area (Å²) >= 11 is 0. The molecule has 0 saturated carbocycles. The van der Waals surface area contributed by atoms with Crippen LogP contribution in [-0.2, 0) is 11.3 Å². The number of aryl methyl sites for hydroxylation is 1. The van der Waals surface area contributed by atoms with E-state index in [0.717, 1.165) is 30.9 Å². The van der Waals surface area contributed by atoms with Gasteiger partial charge < -0.3 is 10.5 Å². The van der Waals surface area contributed by atoms with Gasteiger partial charge in [-0.2, -0.15) is 0 Å². The van der Waals surface area contributed by atoms with Crippen LogP contribution in [-0.4, -0.2) is 42.2 Å². The van der Waals surface area contributed by atoms with Crippen LogP contribution in [0, 0.1) is 6.92 Å². The van der Waals surface area contributed by atoms with Crippen molar-refractivity contribution < 1.29 is 4.74 Å². The molecule has 0 amide bonds. The molecule has 0 saturated heterocycles. The fraction of sp³-hybridized carbons (Fsp3) is 0.667. The fourth-order valence-electron chi connectivity index (χ4n) is 2.52. The van der Waals surface area contributed by atoms with Crippen molar-refractivity contribution in [2.45, 2.75) is 39.3 Å². The number of nitrogens with zero attached hydrogens (tertiary/aromatic N) is 2. The van der Waals surface area contributed by atoms with E-state index in [9.17, 15) is 0 Å². The fourth-order valence-corrected chi connectivity index (χ4v) is 2.52. The minimum absolute atomic E-state index is 0.102. The van der Waals surface area contributed by atoms with Crippen LogP contribution in [0.3, 0.4) is 0 Å². The van der Waals surface area contributed by atoms with Crippen molar-refractivity contribution in [1.29, 1.82) is 0 Å². The van der Waals surface area contributed by atoms with E-state index in [-0.39, 0.29) is 5.54 Å². The zero-order chi connectivity index (χ0) is 14.3. The van der Waals surface area contributed by atoms with Gasteiger partial charge in [0.15, 0.2) is 0 Å². The predicted octanol–water partition coefficient (Wildman–Crippen LogP) is 1.97. The maximum atomic E-state index is 6.02. The zero-order valence-electron chi connectivity index (χ0n) is 12.6. The molecule has 0 aliphatic heterocycles. The van der Waals surface area contributed by atoms with Crippen LogP contribution in [0.1, 0.15) is 31.7 Å². The molecule has 0 radical (unpaired) electrons. The van der Waals surface area contributed by atoms with Gasteiger partial charge in [-0.25, -0.2) is 0 Å². The smallest absolute Gasteiger partial charge is 0.0659 e. The van der Waals surface area contributed by atoms with Gasteiger partial charge in [-0.1, -0.05) is 19.9 Å². The highest BCUT2D eigenvalue weighted by atomic mass is 16.5. The van der Waals surface area contributed by atoms with Gasteiger partial charge in [0.25, 0.3) is 0 Å². The Kier molecular flexibility index (Phi) is 6.42. The SMILES string of the molecule is CCN(Cc1cccc(C)n1)C(CC)(CN)COC. The Morgan fingerprint density at radius 2 is 2.11 bits per heavy atom. The van der Waals surface area contributed by atoms with Gasteiger partial charge >= 0.3 is 0 Å². The molecule has 0 spiro atoms. The van der Waals surface area contributed by atoms with E-state index in [0.29, 0.717) is 13.2 Å². The number of hydrogen-bond acceptors (Lipinski definition) is 4. The van der Waals surface area contributed by atoms with Gasteiger partial charge in [0.05, 0.1) is 17.8 Å². The van der Waals surface area contributed by atoms with Gasteiger partial charge in [-0.3, -0.25) is 9.88 Å². The van der Waals surface area contributed by atoms with Crippen LogP contribution in [0.4, 0.5) is 0 Å². The van der Waals surface area contributed by atoms with E-state index >= 15 is 0 Å². The van der Waals surface area contributed by atoms with Gasteiger partial charge in [0, 0.05) is 25.9 Å².